The first-order valence-electron chi connectivity index (χ1n) is 8.31. The molecule has 2 aromatic rings. The lowest BCUT2D eigenvalue weighted by Crippen LogP contribution is -2.59. The summed E-state index contributed by atoms with van der Waals surface area (Å²) in [5, 5.41) is 13.1. The van der Waals surface area contributed by atoms with Crippen molar-refractivity contribution in [3.05, 3.63) is 41.4 Å². The molecule has 3 fully saturated rings. The molecule has 4 heterocycles. The number of rotatable bonds is 3. The molecule has 3 aliphatic rings. The molecular weight excluding hydrogens is 308 g/mol. The summed E-state index contributed by atoms with van der Waals surface area (Å²) in [6.45, 7) is 4.80. The van der Waals surface area contributed by atoms with Crippen molar-refractivity contribution in [2.24, 2.45) is 5.92 Å². The highest BCUT2D eigenvalue weighted by Gasteiger charge is 2.39. The molecule has 2 unspecified atom stereocenters. The predicted molar refractivity (Wildman–Crippen MR) is 93.6 cm³/mol. The molecule has 5 rings (SSSR count). The zero-order chi connectivity index (χ0) is 15.8. The van der Waals surface area contributed by atoms with E-state index < -0.39 is 0 Å². The Labute approximate surface area is 141 Å². The van der Waals surface area contributed by atoms with Crippen molar-refractivity contribution in [1.82, 2.24) is 15.1 Å². The van der Waals surface area contributed by atoms with Gasteiger partial charge in [-0.05, 0) is 63.0 Å². The van der Waals surface area contributed by atoms with E-state index in [-0.39, 0.29) is 0 Å². The maximum atomic E-state index is 6.04. The van der Waals surface area contributed by atoms with Gasteiger partial charge in [0.2, 0.25) is 0 Å². The van der Waals surface area contributed by atoms with Crippen molar-refractivity contribution in [2.45, 2.75) is 31.8 Å². The zero-order valence-corrected chi connectivity index (χ0v) is 14.0. The number of nitrogens with one attached hydrogen (secondary N) is 1. The second kappa shape index (κ2) is 6.10. The number of piperidine rings is 3. The molecule has 23 heavy (non-hydrogen) atoms. The van der Waals surface area contributed by atoms with Crippen molar-refractivity contribution < 1.29 is 0 Å². The van der Waals surface area contributed by atoms with Crippen molar-refractivity contribution in [1.29, 1.82) is 0 Å². The average Bonchev–Trinajstić information content (AvgIpc) is 2.59. The predicted octanol–water partition coefficient (Wildman–Crippen LogP) is 3.69. The van der Waals surface area contributed by atoms with Gasteiger partial charge >= 0.3 is 0 Å². The quantitative estimate of drug-likeness (QED) is 0.933. The third-order valence-corrected chi connectivity index (χ3v) is 5.51. The van der Waals surface area contributed by atoms with Crippen molar-refractivity contribution in [3.8, 4) is 11.3 Å². The largest absolute Gasteiger partial charge is 0.364 e. The molecule has 3 aliphatic heterocycles. The SMILES string of the molecule is CC1C(Nc2ccc(-c3cccc(Cl)c3)nn2)C2CCN1CC2. The molecule has 3 saturated heterocycles. The standard InChI is InChI=1S/C18H21ClN4/c1-12-18(13-7-9-23(12)10-8-13)20-17-6-5-16(21-22-17)14-3-2-4-15(19)11-14/h2-6,11-13,18H,7-10H2,1H3,(H,20,22). The molecule has 0 saturated carbocycles. The van der Waals surface area contributed by atoms with Gasteiger partial charge in [0.25, 0.3) is 0 Å². The summed E-state index contributed by atoms with van der Waals surface area (Å²) in [6, 6.07) is 12.8. The summed E-state index contributed by atoms with van der Waals surface area (Å²) in [6.07, 6.45) is 2.58. The second-order valence-electron chi connectivity index (χ2n) is 6.60. The number of fused-ring (bicyclic) bond motifs is 3. The highest BCUT2D eigenvalue weighted by Crippen LogP contribution is 2.33. The zero-order valence-electron chi connectivity index (χ0n) is 13.2. The van der Waals surface area contributed by atoms with Gasteiger partial charge in [-0.2, -0.15) is 0 Å². The van der Waals surface area contributed by atoms with Crippen molar-refractivity contribution in [2.75, 3.05) is 18.4 Å². The Bertz CT molecular complexity index is 678. The smallest absolute Gasteiger partial charge is 0.148 e. The van der Waals surface area contributed by atoms with Gasteiger partial charge in [-0.3, -0.25) is 4.90 Å². The normalized spacial score (nSPS) is 29.5. The van der Waals surface area contributed by atoms with Crippen LogP contribution in [0.2, 0.25) is 5.02 Å². The number of nitrogens with zero attached hydrogens (tertiary/aromatic N) is 3. The van der Waals surface area contributed by atoms with E-state index in [9.17, 15) is 0 Å². The van der Waals surface area contributed by atoms with Crippen LogP contribution in [0.3, 0.4) is 0 Å². The average molecular weight is 329 g/mol. The highest BCUT2D eigenvalue weighted by molar-refractivity contribution is 6.30. The monoisotopic (exact) mass is 328 g/mol. The Morgan fingerprint density at radius 1 is 1.13 bits per heavy atom. The first-order chi connectivity index (χ1) is 11.2. The molecule has 2 bridgehead atoms. The topological polar surface area (TPSA) is 41.1 Å². The van der Waals surface area contributed by atoms with Crippen molar-refractivity contribution in [3.63, 3.8) is 0 Å². The number of benzene rings is 1. The van der Waals surface area contributed by atoms with E-state index in [0.717, 1.165) is 23.0 Å². The molecule has 1 aromatic carbocycles. The van der Waals surface area contributed by atoms with E-state index in [0.29, 0.717) is 17.1 Å². The Balaban J connectivity index is 1.50. The van der Waals surface area contributed by atoms with Gasteiger partial charge in [0.1, 0.15) is 5.82 Å². The van der Waals surface area contributed by atoms with Crippen molar-refractivity contribution >= 4 is 17.4 Å². The van der Waals surface area contributed by atoms with Crippen LogP contribution in [-0.2, 0) is 0 Å². The maximum Gasteiger partial charge on any atom is 0.148 e. The Morgan fingerprint density at radius 2 is 1.96 bits per heavy atom. The Morgan fingerprint density at radius 3 is 2.61 bits per heavy atom. The van der Waals surface area contributed by atoms with Crippen LogP contribution in [0, 0.1) is 5.92 Å². The number of halogens is 1. The van der Waals surface area contributed by atoms with Crippen LogP contribution in [0.5, 0.6) is 0 Å². The molecule has 0 radical (unpaired) electrons. The summed E-state index contributed by atoms with van der Waals surface area (Å²) in [5.41, 5.74) is 1.84. The maximum absolute atomic E-state index is 6.04. The van der Waals surface area contributed by atoms with Gasteiger partial charge in [-0.25, -0.2) is 0 Å². The van der Waals surface area contributed by atoms with E-state index in [1.807, 2.05) is 36.4 Å². The fraction of sp³-hybridized carbons (Fsp3) is 0.444. The number of aromatic nitrogens is 2. The fourth-order valence-electron chi connectivity index (χ4n) is 3.93. The summed E-state index contributed by atoms with van der Waals surface area (Å²) in [4.78, 5) is 2.57. The lowest BCUT2D eigenvalue weighted by Gasteiger charge is -2.50. The van der Waals surface area contributed by atoms with Crippen LogP contribution in [0.25, 0.3) is 11.3 Å². The second-order valence-corrected chi connectivity index (χ2v) is 7.03. The molecule has 0 amide bonds. The van der Waals surface area contributed by atoms with Crippen LogP contribution in [0.15, 0.2) is 36.4 Å². The van der Waals surface area contributed by atoms with Crippen LogP contribution < -0.4 is 5.32 Å². The molecule has 0 aliphatic carbocycles. The Kier molecular flexibility index (Phi) is 3.95. The summed E-state index contributed by atoms with van der Waals surface area (Å²) in [5.74, 6) is 1.62. The first kappa shape index (κ1) is 14.9. The van der Waals surface area contributed by atoms with Crippen LogP contribution in [0.4, 0.5) is 5.82 Å². The number of anilines is 1. The van der Waals surface area contributed by atoms with E-state index in [1.54, 1.807) is 0 Å². The molecular formula is C18H21ClN4. The molecule has 120 valence electrons. The van der Waals surface area contributed by atoms with Gasteiger partial charge in [-0.1, -0.05) is 23.7 Å². The minimum atomic E-state index is 0.476. The van der Waals surface area contributed by atoms with Gasteiger partial charge in [-0.15, -0.1) is 10.2 Å². The lowest BCUT2D eigenvalue weighted by molar-refractivity contribution is 0.0457. The van der Waals surface area contributed by atoms with Gasteiger partial charge < -0.3 is 5.32 Å². The van der Waals surface area contributed by atoms with Gasteiger partial charge in [0.05, 0.1) is 5.69 Å². The molecule has 1 N–H and O–H groups in total. The third-order valence-electron chi connectivity index (χ3n) is 5.28. The fourth-order valence-corrected chi connectivity index (χ4v) is 4.12. The van der Waals surface area contributed by atoms with E-state index in [2.05, 4.69) is 27.3 Å². The van der Waals surface area contributed by atoms with Crippen LogP contribution in [-0.4, -0.2) is 40.3 Å². The van der Waals surface area contributed by atoms with E-state index in [4.69, 9.17) is 11.6 Å². The molecule has 0 spiro atoms. The molecule has 1 aromatic heterocycles. The first-order valence-corrected chi connectivity index (χ1v) is 8.69. The molecule has 2 atom stereocenters. The minimum absolute atomic E-state index is 0.476. The highest BCUT2D eigenvalue weighted by atomic mass is 35.5. The van der Waals surface area contributed by atoms with Gasteiger partial charge in [0, 0.05) is 22.7 Å². The molecule has 5 heteroatoms. The lowest BCUT2D eigenvalue weighted by atomic mass is 9.79. The minimum Gasteiger partial charge on any atom is -0.364 e. The Hall–Kier alpha value is -1.65. The van der Waals surface area contributed by atoms with E-state index in [1.165, 1.54) is 25.9 Å². The number of hydrogen-bond acceptors (Lipinski definition) is 4. The summed E-state index contributed by atoms with van der Waals surface area (Å²) < 4.78 is 0. The van der Waals surface area contributed by atoms with E-state index >= 15 is 0 Å². The molecule has 4 nitrogen and oxygen atoms in total. The van der Waals surface area contributed by atoms with Gasteiger partial charge in [0.15, 0.2) is 0 Å². The third kappa shape index (κ3) is 2.93. The summed E-state index contributed by atoms with van der Waals surface area (Å²) in [7, 11) is 0. The summed E-state index contributed by atoms with van der Waals surface area (Å²) >= 11 is 6.04. The number of hydrogen-bond donors (Lipinski definition) is 1. The van der Waals surface area contributed by atoms with Crippen LogP contribution >= 0.6 is 11.6 Å². The van der Waals surface area contributed by atoms with Crippen LogP contribution in [0.1, 0.15) is 19.8 Å².